The molecule has 0 saturated heterocycles. The lowest BCUT2D eigenvalue weighted by atomic mass is 9.66. The van der Waals surface area contributed by atoms with E-state index in [-0.39, 0.29) is 0 Å². The summed E-state index contributed by atoms with van der Waals surface area (Å²) in [6.07, 6.45) is 8.60. The van der Waals surface area contributed by atoms with Gasteiger partial charge in [0.2, 0.25) is 0 Å². The fourth-order valence-electron chi connectivity index (χ4n) is 3.16. The Morgan fingerprint density at radius 2 is 1.85 bits per heavy atom. The van der Waals surface area contributed by atoms with Gasteiger partial charge in [-0.3, -0.25) is 0 Å². The quantitative estimate of drug-likeness (QED) is 0.649. The van der Waals surface area contributed by atoms with E-state index >= 15 is 0 Å². The lowest BCUT2D eigenvalue weighted by Crippen LogP contribution is -2.45. The predicted octanol–water partition coefficient (Wildman–Crippen LogP) is 1.67. The zero-order valence-electron chi connectivity index (χ0n) is 8.34. The summed E-state index contributed by atoms with van der Waals surface area (Å²) < 4.78 is 0. The van der Waals surface area contributed by atoms with Gasteiger partial charge in [-0.2, -0.15) is 0 Å². The van der Waals surface area contributed by atoms with Crippen molar-refractivity contribution >= 4 is 0 Å². The molecule has 2 aliphatic rings. The van der Waals surface area contributed by atoms with E-state index in [2.05, 4.69) is 0 Å². The number of fused-ring (bicyclic) bond motifs is 1. The third-order valence-electron chi connectivity index (χ3n) is 4.07. The van der Waals surface area contributed by atoms with Crippen molar-refractivity contribution in [3.05, 3.63) is 0 Å². The van der Waals surface area contributed by atoms with Gasteiger partial charge in [0, 0.05) is 6.54 Å². The van der Waals surface area contributed by atoms with Crippen LogP contribution in [0.1, 0.15) is 44.9 Å². The van der Waals surface area contributed by atoms with Crippen molar-refractivity contribution in [2.75, 3.05) is 6.54 Å². The van der Waals surface area contributed by atoms with Gasteiger partial charge in [0.05, 0.1) is 5.60 Å². The average molecular weight is 183 g/mol. The summed E-state index contributed by atoms with van der Waals surface area (Å²) >= 11 is 0. The molecule has 76 valence electrons. The zero-order chi connectivity index (χ0) is 9.31. The smallest absolute Gasteiger partial charge is 0.0772 e. The van der Waals surface area contributed by atoms with Gasteiger partial charge in [-0.05, 0) is 31.1 Å². The highest BCUT2D eigenvalue weighted by Crippen LogP contribution is 2.43. The third kappa shape index (κ3) is 1.89. The second-order valence-corrected chi connectivity index (χ2v) is 4.98. The first-order valence-electron chi connectivity index (χ1n) is 5.66. The first-order valence-corrected chi connectivity index (χ1v) is 5.66. The minimum Gasteiger partial charge on any atom is -0.389 e. The molecule has 0 aromatic heterocycles. The maximum Gasteiger partial charge on any atom is 0.0772 e. The lowest BCUT2D eigenvalue weighted by molar-refractivity contribution is -0.0378. The maximum atomic E-state index is 10.1. The monoisotopic (exact) mass is 183 g/mol. The molecule has 0 bridgehead atoms. The highest BCUT2D eigenvalue weighted by Gasteiger charge is 2.39. The Bertz CT molecular complexity index is 183. The molecule has 0 heterocycles. The highest BCUT2D eigenvalue weighted by molar-refractivity contribution is 4.92. The first-order chi connectivity index (χ1) is 6.23. The van der Waals surface area contributed by atoms with Gasteiger partial charge in [-0.15, -0.1) is 0 Å². The highest BCUT2D eigenvalue weighted by atomic mass is 16.3. The minimum absolute atomic E-state index is 0.455. The van der Waals surface area contributed by atoms with Crippen molar-refractivity contribution in [1.29, 1.82) is 0 Å². The Balaban J connectivity index is 1.98. The lowest BCUT2D eigenvalue weighted by Gasteiger charge is -2.43. The summed E-state index contributed by atoms with van der Waals surface area (Å²) in [7, 11) is 0. The van der Waals surface area contributed by atoms with Gasteiger partial charge in [-0.25, -0.2) is 0 Å². The van der Waals surface area contributed by atoms with E-state index in [1.807, 2.05) is 0 Å². The summed E-state index contributed by atoms with van der Waals surface area (Å²) in [5, 5.41) is 10.1. The molecule has 0 radical (unpaired) electrons. The molecule has 2 aliphatic carbocycles. The molecule has 2 fully saturated rings. The molecule has 2 saturated carbocycles. The molecule has 0 amide bonds. The maximum absolute atomic E-state index is 10.1. The second kappa shape index (κ2) is 3.58. The Morgan fingerprint density at radius 3 is 2.54 bits per heavy atom. The van der Waals surface area contributed by atoms with Gasteiger partial charge in [0.1, 0.15) is 0 Å². The van der Waals surface area contributed by atoms with E-state index in [1.54, 1.807) is 0 Å². The molecule has 1 unspecified atom stereocenters. The topological polar surface area (TPSA) is 46.2 Å². The van der Waals surface area contributed by atoms with Crippen molar-refractivity contribution in [2.45, 2.75) is 50.5 Å². The molecular weight excluding hydrogens is 162 g/mol. The van der Waals surface area contributed by atoms with Gasteiger partial charge >= 0.3 is 0 Å². The van der Waals surface area contributed by atoms with Crippen LogP contribution >= 0.6 is 0 Å². The Morgan fingerprint density at radius 1 is 1.15 bits per heavy atom. The average Bonchev–Trinajstić information content (AvgIpc) is 2.18. The fraction of sp³-hybridized carbons (Fsp3) is 1.00. The largest absolute Gasteiger partial charge is 0.389 e. The van der Waals surface area contributed by atoms with Crippen LogP contribution in [0.3, 0.4) is 0 Å². The van der Waals surface area contributed by atoms with Crippen LogP contribution in [0.15, 0.2) is 0 Å². The van der Waals surface area contributed by atoms with Crippen molar-refractivity contribution in [3.8, 4) is 0 Å². The fourth-order valence-corrected chi connectivity index (χ4v) is 3.16. The molecule has 2 rings (SSSR count). The van der Waals surface area contributed by atoms with Crippen LogP contribution in [-0.2, 0) is 0 Å². The van der Waals surface area contributed by atoms with Crippen LogP contribution in [0.2, 0.25) is 0 Å². The van der Waals surface area contributed by atoms with E-state index in [0.29, 0.717) is 6.54 Å². The number of aliphatic hydroxyl groups is 1. The summed E-state index contributed by atoms with van der Waals surface area (Å²) in [5.74, 6) is 1.68. The van der Waals surface area contributed by atoms with Crippen LogP contribution in [0.25, 0.3) is 0 Å². The Hall–Kier alpha value is -0.0800. The zero-order valence-corrected chi connectivity index (χ0v) is 8.34. The molecular formula is C11H21NO. The molecule has 3 atom stereocenters. The minimum atomic E-state index is -0.515. The molecule has 2 heteroatoms. The van der Waals surface area contributed by atoms with Crippen molar-refractivity contribution in [2.24, 2.45) is 17.6 Å². The first kappa shape index (κ1) is 9.47. The Kier molecular flexibility index (Phi) is 2.61. The van der Waals surface area contributed by atoms with Crippen LogP contribution in [0, 0.1) is 11.8 Å². The molecule has 3 N–H and O–H groups in total. The van der Waals surface area contributed by atoms with E-state index in [4.69, 9.17) is 5.73 Å². The van der Waals surface area contributed by atoms with Gasteiger partial charge in [0.25, 0.3) is 0 Å². The normalized spacial score (nSPS) is 45.7. The molecule has 0 aliphatic heterocycles. The molecule has 2 nitrogen and oxygen atoms in total. The predicted molar refractivity (Wildman–Crippen MR) is 53.3 cm³/mol. The Labute approximate surface area is 80.5 Å². The van der Waals surface area contributed by atoms with Gasteiger partial charge < -0.3 is 10.8 Å². The van der Waals surface area contributed by atoms with Gasteiger partial charge in [0.15, 0.2) is 0 Å². The third-order valence-corrected chi connectivity index (χ3v) is 4.07. The molecule has 0 spiro atoms. The SMILES string of the molecule is NC[C@@]1(O)CC[C@H]2CCCCC2C1. The van der Waals surface area contributed by atoms with Crippen molar-refractivity contribution < 1.29 is 5.11 Å². The standard InChI is InChI=1S/C11H21NO/c12-8-11(13)6-5-9-3-1-2-4-10(9)7-11/h9-10,13H,1-8,12H2/t9-,10?,11-/m1/s1. The number of hydrogen-bond acceptors (Lipinski definition) is 2. The van der Waals surface area contributed by atoms with Crippen LogP contribution in [-0.4, -0.2) is 17.3 Å². The second-order valence-electron chi connectivity index (χ2n) is 4.98. The summed E-state index contributed by atoms with van der Waals surface area (Å²) in [5.41, 5.74) is 5.09. The molecule has 0 aromatic carbocycles. The van der Waals surface area contributed by atoms with E-state index in [9.17, 15) is 5.11 Å². The van der Waals surface area contributed by atoms with E-state index < -0.39 is 5.60 Å². The number of nitrogens with two attached hydrogens (primary N) is 1. The summed E-state index contributed by atoms with van der Waals surface area (Å²) in [6.45, 7) is 0.455. The summed E-state index contributed by atoms with van der Waals surface area (Å²) in [4.78, 5) is 0. The number of rotatable bonds is 1. The van der Waals surface area contributed by atoms with Crippen LogP contribution < -0.4 is 5.73 Å². The number of hydrogen-bond donors (Lipinski definition) is 2. The summed E-state index contributed by atoms with van der Waals surface area (Å²) in [6, 6.07) is 0. The molecule has 13 heavy (non-hydrogen) atoms. The van der Waals surface area contributed by atoms with E-state index in [0.717, 1.165) is 24.7 Å². The van der Waals surface area contributed by atoms with Crippen molar-refractivity contribution in [1.82, 2.24) is 0 Å². The van der Waals surface area contributed by atoms with Gasteiger partial charge in [-0.1, -0.05) is 25.7 Å². The van der Waals surface area contributed by atoms with Crippen molar-refractivity contribution in [3.63, 3.8) is 0 Å². The van der Waals surface area contributed by atoms with E-state index in [1.165, 1.54) is 32.1 Å². The van der Waals surface area contributed by atoms with Crippen LogP contribution in [0.5, 0.6) is 0 Å². The van der Waals surface area contributed by atoms with Crippen LogP contribution in [0.4, 0.5) is 0 Å². The molecule has 0 aromatic rings.